The normalized spacial score (nSPS) is 16.6. The molecule has 1 aromatic rings. The van der Waals surface area contributed by atoms with Gasteiger partial charge in [-0.15, -0.1) is 0 Å². The van der Waals surface area contributed by atoms with Gasteiger partial charge in [-0.2, -0.15) is 0 Å². The van der Waals surface area contributed by atoms with Crippen molar-refractivity contribution < 1.29 is 4.79 Å². The van der Waals surface area contributed by atoms with Gasteiger partial charge in [-0.1, -0.05) is 12.8 Å². The first-order chi connectivity index (χ1) is 11.9. The summed E-state index contributed by atoms with van der Waals surface area (Å²) >= 11 is 0. The molecular weight excluding hydrogens is 312 g/mol. The quantitative estimate of drug-likeness (QED) is 0.742. The molecule has 2 rings (SSSR count). The summed E-state index contributed by atoms with van der Waals surface area (Å²) in [4.78, 5) is 18.3. The van der Waals surface area contributed by atoms with Crippen LogP contribution in [0.15, 0.2) is 24.5 Å². The maximum Gasteiger partial charge on any atom is 0.315 e. The van der Waals surface area contributed by atoms with Crippen LogP contribution in [0.1, 0.15) is 58.4 Å². The van der Waals surface area contributed by atoms with E-state index in [2.05, 4.69) is 41.3 Å². The van der Waals surface area contributed by atoms with Crippen molar-refractivity contribution >= 4 is 6.03 Å². The lowest BCUT2D eigenvalue weighted by Crippen LogP contribution is -2.46. The van der Waals surface area contributed by atoms with E-state index in [4.69, 9.17) is 0 Å². The highest BCUT2D eigenvalue weighted by molar-refractivity contribution is 5.73. The van der Waals surface area contributed by atoms with Gasteiger partial charge in [0.1, 0.15) is 0 Å². The molecule has 25 heavy (non-hydrogen) atoms. The molecule has 5 nitrogen and oxygen atoms in total. The summed E-state index contributed by atoms with van der Waals surface area (Å²) in [5.74, 6) is 0.860. The summed E-state index contributed by atoms with van der Waals surface area (Å²) in [5.41, 5.74) is 1.37. The number of amides is 2. The van der Waals surface area contributed by atoms with E-state index in [0.717, 1.165) is 24.4 Å². The Labute approximate surface area is 152 Å². The van der Waals surface area contributed by atoms with Gasteiger partial charge in [0.25, 0.3) is 0 Å². The van der Waals surface area contributed by atoms with Crippen molar-refractivity contribution in [2.45, 2.75) is 65.0 Å². The number of urea groups is 1. The SMILES string of the molecule is CC(C)(C)N1CCC(CCCCNC(=O)NCc2ccncc2)CC1. The van der Waals surface area contributed by atoms with E-state index in [9.17, 15) is 4.79 Å². The molecule has 2 N–H and O–H groups in total. The summed E-state index contributed by atoms with van der Waals surface area (Å²) in [6, 6.07) is 3.73. The molecule has 0 bridgehead atoms. The molecule has 1 saturated heterocycles. The van der Waals surface area contributed by atoms with E-state index < -0.39 is 0 Å². The minimum atomic E-state index is -0.0877. The molecular formula is C20H34N4O. The molecule has 1 aliphatic rings. The van der Waals surface area contributed by atoms with Crippen molar-refractivity contribution in [2.75, 3.05) is 19.6 Å². The number of carbonyl (C=O) groups excluding carboxylic acids is 1. The van der Waals surface area contributed by atoms with E-state index in [-0.39, 0.29) is 6.03 Å². The summed E-state index contributed by atoms with van der Waals surface area (Å²) in [6.45, 7) is 10.7. The minimum absolute atomic E-state index is 0.0877. The Balaban J connectivity index is 1.49. The Hall–Kier alpha value is -1.62. The lowest BCUT2D eigenvalue weighted by atomic mass is 9.89. The first-order valence-electron chi connectivity index (χ1n) is 9.61. The van der Waals surface area contributed by atoms with E-state index in [1.54, 1.807) is 12.4 Å². The number of likely N-dealkylation sites (tertiary alicyclic amines) is 1. The molecule has 0 saturated carbocycles. The summed E-state index contributed by atoms with van der Waals surface area (Å²) in [6.07, 6.45) is 9.65. The number of hydrogen-bond donors (Lipinski definition) is 2. The predicted octanol–water partition coefficient (Wildman–Crippen LogP) is 3.56. The molecule has 0 spiro atoms. The van der Waals surface area contributed by atoms with Crippen LogP contribution in [-0.2, 0) is 6.54 Å². The Morgan fingerprint density at radius 1 is 1.16 bits per heavy atom. The number of nitrogens with zero attached hydrogens (tertiary/aromatic N) is 2. The van der Waals surface area contributed by atoms with Crippen molar-refractivity contribution in [3.05, 3.63) is 30.1 Å². The second-order valence-corrected chi connectivity index (χ2v) is 8.06. The number of hydrogen-bond acceptors (Lipinski definition) is 3. The molecule has 0 atom stereocenters. The standard InChI is InChI=1S/C20H34N4O/c1-20(2,3)24-14-9-17(10-15-24)6-4-5-11-22-19(25)23-16-18-7-12-21-13-8-18/h7-8,12-13,17H,4-6,9-11,14-16H2,1-3H3,(H2,22,23,25). The Morgan fingerprint density at radius 3 is 2.48 bits per heavy atom. The van der Waals surface area contributed by atoms with Crippen LogP contribution in [0, 0.1) is 5.92 Å². The Bertz CT molecular complexity index is 504. The van der Waals surface area contributed by atoms with Crippen molar-refractivity contribution in [1.29, 1.82) is 0 Å². The van der Waals surface area contributed by atoms with Gasteiger partial charge in [-0.25, -0.2) is 4.79 Å². The third-order valence-electron chi connectivity index (χ3n) is 5.09. The van der Waals surface area contributed by atoms with Gasteiger partial charge in [0, 0.05) is 31.0 Å². The third-order valence-corrected chi connectivity index (χ3v) is 5.09. The minimum Gasteiger partial charge on any atom is -0.338 e. The van der Waals surface area contributed by atoms with Crippen molar-refractivity contribution in [1.82, 2.24) is 20.5 Å². The summed E-state index contributed by atoms with van der Waals surface area (Å²) in [7, 11) is 0. The second kappa shape index (κ2) is 9.76. The van der Waals surface area contributed by atoms with Crippen molar-refractivity contribution in [2.24, 2.45) is 5.92 Å². The molecule has 0 unspecified atom stereocenters. The Morgan fingerprint density at radius 2 is 1.84 bits per heavy atom. The number of nitrogens with one attached hydrogen (secondary N) is 2. The zero-order valence-electron chi connectivity index (χ0n) is 16.1. The molecule has 2 heterocycles. The van der Waals surface area contributed by atoms with E-state index in [1.807, 2.05) is 12.1 Å². The smallest absolute Gasteiger partial charge is 0.315 e. The van der Waals surface area contributed by atoms with Gasteiger partial charge in [-0.05, 0) is 76.7 Å². The first kappa shape index (κ1) is 19.7. The van der Waals surface area contributed by atoms with E-state index in [1.165, 1.54) is 38.8 Å². The number of carbonyl (C=O) groups is 1. The molecule has 1 fully saturated rings. The fourth-order valence-electron chi connectivity index (χ4n) is 3.40. The number of pyridine rings is 1. The third kappa shape index (κ3) is 7.43. The average molecular weight is 347 g/mol. The molecule has 1 aromatic heterocycles. The van der Waals surface area contributed by atoms with Gasteiger partial charge in [0.2, 0.25) is 0 Å². The fraction of sp³-hybridized carbons (Fsp3) is 0.700. The van der Waals surface area contributed by atoms with Crippen LogP contribution in [0.25, 0.3) is 0 Å². The highest BCUT2D eigenvalue weighted by Gasteiger charge is 2.26. The maximum atomic E-state index is 11.8. The lowest BCUT2D eigenvalue weighted by molar-refractivity contribution is 0.0847. The number of aromatic nitrogens is 1. The summed E-state index contributed by atoms with van der Waals surface area (Å²) < 4.78 is 0. The molecule has 0 radical (unpaired) electrons. The molecule has 140 valence electrons. The van der Waals surface area contributed by atoms with Gasteiger partial charge in [0.05, 0.1) is 0 Å². The number of rotatable bonds is 7. The van der Waals surface area contributed by atoms with Crippen molar-refractivity contribution in [3.8, 4) is 0 Å². The van der Waals surface area contributed by atoms with Gasteiger partial charge < -0.3 is 10.6 Å². The molecule has 0 aliphatic carbocycles. The predicted molar refractivity (Wildman–Crippen MR) is 102 cm³/mol. The highest BCUT2D eigenvalue weighted by Crippen LogP contribution is 2.26. The molecule has 2 amide bonds. The van der Waals surface area contributed by atoms with Crippen LogP contribution in [0.2, 0.25) is 0 Å². The largest absolute Gasteiger partial charge is 0.338 e. The maximum absolute atomic E-state index is 11.8. The fourth-order valence-corrected chi connectivity index (χ4v) is 3.40. The number of unbranched alkanes of at least 4 members (excludes halogenated alkanes) is 1. The zero-order chi connectivity index (χ0) is 18.1. The second-order valence-electron chi connectivity index (χ2n) is 8.06. The Kier molecular flexibility index (Phi) is 7.69. The van der Waals surface area contributed by atoms with E-state index >= 15 is 0 Å². The van der Waals surface area contributed by atoms with Crippen LogP contribution in [0.4, 0.5) is 4.79 Å². The lowest BCUT2D eigenvalue weighted by Gasteiger charge is -2.41. The topological polar surface area (TPSA) is 57.3 Å². The van der Waals surface area contributed by atoms with E-state index in [0.29, 0.717) is 12.1 Å². The van der Waals surface area contributed by atoms with Gasteiger partial charge >= 0.3 is 6.03 Å². The van der Waals surface area contributed by atoms with Crippen molar-refractivity contribution in [3.63, 3.8) is 0 Å². The molecule has 0 aromatic carbocycles. The van der Waals surface area contributed by atoms with Gasteiger partial charge in [-0.3, -0.25) is 9.88 Å². The molecule has 5 heteroatoms. The average Bonchev–Trinajstić information content (AvgIpc) is 2.60. The van der Waals surface area contributed by atoms with Crippen LogP contribution >= 0.6 is 0 Å². The van der Waals surface area contributed by atoms with Crippen LogP contribution in [0.3, 0.4) is 0 Å². The first-order valence-corrected chi connectivity index (χ1v) is 9.61. The highest BCUT2D eigenvalue weighted by atomic mass is 16.2. The van der Waals surface area contributed by atoms with Crippen LogP contribution in [0.5, 0.6) is 0 Å². The number of piperidine rings is 1. The molecule has 1 aliphatic heterocycles. The van der Waals surface area contributed by atoms with Gasteiger partial charge in [0.15, 0.2) is 0 Å². The summed E-state index contributed by atoms with van der Waals surface area (Å²) in [5, 5.41) is 5.82. The monoisotopic (exact) mass is 346 g/mol. The van der Waals surface area contributed by atoms with Crippen LogP contribution < -0.4 is 10.6 Å². The zero-order valence-corrected chi connectivity index (χ0v) is 16.1. The van der Waals surface area contributed by atoms with Crippen LogP contribution in [-0.4, -0.2) is 41.1 Å².